The smallest absolute Gasteiger partial charge is 0.203 e. The van der Waals surface area contributed by atoms with Crippen LogP contribution in [0.3, 0.4) is 0 Å². The molecule has 1 aromatic carbocycles. The summed E-state index contributed by atoms with van der Waals surface area (Å²) in [6.45, 7) is 1.59. The number of ether oxygens (including phenoxy) is 4. The molecule has 2 atom stereocenters. The van der Waals surface area contributed by atoms with E-state index in [1.807, 2.05) is 0 Å². The first kappa shape index (κ1) is 15.4. The van der Waals surface area contributed by atoms with Gasteiger partial charge in [-0.2, -0.15) is 0 Å². The fourth-order valence-corrected chi connectivity index (χ4v) is 1.61. The molecule has 0 saturated carbocycles. The van der Waals surface area contributed by atoms with Crippen molar-refractivity contribution in [2.75, 3.05) is 27.9 Å². The van der Waals surface area contributed by atoms with E-state index in [4.69, 9.17) is 24.7 Å². The molecule has 0 aliphatic carbocycles. The molecule has 0 fully saturated rings. The average molecular weight is 271 g/mol. The molecule has 0 aromatic heterocycles. The molecule has 19 heavy (non-hydrogen) atoms. The zero-order valence-electron chi connectivity index (χ0n) is 11.7. The SMILES string of the molecule is COc1cc(OC(CO)C(C)N)cc(OC)c1OC. The monoisotopic (exact) mass is 271 g/mol. The summed E-state index contributed by atoms with van der Waals surface area (Å²) >= 11 is 0. The summed E-state index contributed by atoms with van der Waals surface area (Å²) in [7, 11) is 4.58. The van der Waals surface area contributed by atoms with Crippen molar-refractivity contribution in [3.63, 3.8) is 0 Å². The van der Waals surface area contributed by atoms with Gasteiger partial charge in [-0.05, 0) is 6.92 Å². The van der Waals surface area contributed by atoms with Crippen LogP contribution >= 0.6 is 0 Å². The highest BCUT2D eigenvalue weighted by Gasteiger charge is 2.18. The second kappa shape index (κ2) is 7.06. The maximum Gasteiger partial charge on any atom is 0.203 e. The van der Waals surface area contributed by atoms with E-state index in [0.29, 0.717) is 23.0 Å². The maximum atomic E-state index is 9.22. The van der Waals surface area contributed by atoms with Gasteiger partial charge in [0.2, 0.25) is 5.75 Å². The zero-order chi connectivity index (χ0) is 14.4. The van der Waals surface area contributed by atoms with Crippen LogP contribution in [0.2, 0.25) is 0 Å². The van der Waals surface area contributed by atoms with Crippen molar-refractivity contribution in [1.29, 1.82) is 0 Å². The van der Waals surface area contributed by atoms with Gasteiger partial charge in [0.15, 0.2) is 11.5 Å². The summed E-state index contributed by atoms with van der Waals surface area (Å²) in [5, 5.41) is 9.22. The van der Waals surface area contributed by atoms with Crippen LogP contribution in [-0.2, 0) is 0 Å². The Morgan fingerprint density at radius 3 is 1.95 bits per heavy atom. The molecule has 0 saturated heterocycles. The van der Waals surface area contributed by atoms with E-state index in [-0.39, 0.29) is 12.6 Å². The summed E-state index contributed by atoms with van der Waals surface area (Å²) < 4.78 is 21.3. The number of nitrogens with two attached hydrogens (primary N) is 1. The molecule has 3 N–H and O–H groups in total. The molecule has 2 unspecified atom stereocenters. The normalized spacial score (nSPS) is 13.6. The highest BCUT2D eigenvalue weighted by Crippen LogP contribution is 2.41. The van der Waals surface area contributed by atoms with Crippen molar-refractivity contribution in [3.8, 4) is 23.0 Å². The van der Waals surface area contributed by atoms with Gasteiger partial charge in [-0.25, -0.2) is 0 Å². The minimum Gasteiger partial charge on any atom is -0.493 e. The van der Waals surface area contributed by atoms with Gasteiger partial charge in [0, 0.05) is 18.2 Å². The van der Waals surface area contributed by atoms with Crippen LogP contribution < -0.4 is 24.7 Å². The Bertz CT molecular complexity index is 383. The Morgan fingerprint density at radius 1 is 1.11 bits per heavy atom. The number of rotatable bonds is 7. The molecule has 0 radical (unpaired) electrons. The summed E-state index contributed by atoms with van der Waals surface area (Å²) in [6.07, 6.45) is -0.497. The zero-order valence-corrected chi connectivity index (χ0v) is 11.7. The van der Waals surface area contributed by atoms with Crippen molar-refractivity contribution in [2.45, 2.75) is 19.1 Å². The third-order valence-corrected chi connectivity index (χ3v) is 2.69. The lowest BCUT2D eigenvalue weighted by Crippen LogP contribution is -2.39. The van der Waals surface area contributed by atoms with Crippen LogP contribution in [0.4, 0.5) is 0 Å². The predicted molar refractivity (Wildman–Crippen MR) is 71.2 cm³/mol. The quantitative estimate of drug-likeness (QED) is 0.763. The largest absolute Gasteiger partial charge is 0.493 e. The van der Waals surface area contributed by atoms with E-state index in [1.54, 1.807) is 19.1 Å². The standard InChI is InChI=1S/C13H21NO5/c1-8(14)12(7-15)19-9-5-10(16-2)13(18-4)11(6-9)17-3/h5-6,8,12,15H,7,14H2,1-4H3. The first-order chi connectivity index (χ1) is 9.07. The van der Waals surface area contributed by atoms with Crippen LogP contribution in [0.5, 0.6) is 23.0 Å². The van der Waals surface area contributed by atoms with Crippen LogP contribution in [0.25, 0.3) is 0 Å². The summed E-state index contributed by atoms with van der Waals surface area (Å²) in [5.74, 6) is 1.95. The van der Waals surface area contributed by atoms with Gasteiger partial charge in [-0.1, -0.05) is 0 Å². The molecule has 108 valence electrons. The highest BCUT2D eigenvalue weighted by molar-refractivity contribution is 5.55. The van der Waals surface area contributed by atoms with Crippen molar-refractivity contribution in [3.05, 3.63) is 12.1 Å². The number of hydrogen-bond donors (Lipinski definition) is 2. The lowest BCUT2D eigenvalue weighted by atomic mass is 10.2. The van der Waals surface area contributed by atoms with Gasteiger partial charge in [-0.15, -0.1) is 0 Å². The maximum absolute atomic E-state index is 9.22. The van der Waals surface area contributed by atoms with Crippen LogP contribution in [0.15, 0.2) is 12.1 Å². The third kappa shape index (κ3) is 3.65. The number of aliphatic hydroxyl groups excluding tert-OH is 1. The van der Waals surface area contributed by atoms with Crippen LogP contribution in [-0.4, -0.2) is 45.2 Å². The topological polar surface area (TPSA) is 83.2 Å². The number of methoxy groups -OCH3 is 3. The van der Waals surface area contributed by atoms with E-state index in [1.165, 1.54) is 21.3 Å². The Morgan fingerprint density at radius 2 is 1.63 bits per heavy atom. The molecule has 0 aliphatic rings. The summed E-state index contributed by atoms with van der Waals surface area (Å²) in [4.78, 5) is 0. The van der Waals surface area contributed by atoms with Gasteiger partial charge >= 0.3 is 0 Å². The Kier molecular flexibility index (Phi) is 5.72. The molecule has 0 spiro atoms. The lowest BCUT2D eigenvalue weighted by Gasteiger charge is -2.21. The Hall–Kier alpha value is -1.66. The number of aliphatic hydroxyl groups is 1. The van der Waals surface area contributed by atoms with E-state index < -0.39 is 6.10 Å². The van der Waals surface area contributed by atoms with Gasteiger partial charge < -0.3 is 29.8 Å². The fraction of sp³-hybridized carbons (Fsp3) is 0.538. The molecule has 6 heteroatoms. The molecule has 1 aromatic rings. The molecule has 0 bridgehead atoms. The second-order valence-electron chi connectivity index (χ2n) is 4.06. The van der Waals surface area contributed by atoms with Crippen LogP contribution in [0, 0.1) is 0 Å². The minimum atomic E-state index is -0.497. The first-order valence-electron chi connectivity index (χ1n) is 5.90. The average Bonchev–Trinajstić information content (AvgIpc) is 2.42. The van der Waals surface area contributed by atoms with Gasteiger partial charge in [0.1, 0.15) is 11.9 Å². The molecular formula is C13H21NO5. The van der Waals surface area contributed by atoms with Crippen molar-refractivity contribution >= 4 is 0 Å². The van der Waals surface area contributed by atoms with E-state index in [2.05, 4.69) is 0 Å². The third-order valence-electron chi connectivity index (χ3n) is 2.69. The van der Waals surface area contributed by atoms with Gasteiger partial charge in [-0.3, -0.25) is 0 Å². The summed E-state index contributed by atoms with van der Waals surface area (Å²) in [6, 6.07) is 3.02. The number of hydrogen-bond acceptors (Lipinski definition) is 6. The number of benzene rings is 1. The predicted octanol–water partition coefficient (Wildman–Crippen LogP) is 0.799. The van der Waals surface area contributed by atoms with Crippen molar-refractivity contribution < 1.29 is 24.1 Å². The van der Waals surface area contributed by atoms with Crippen molar-refractivity contribution in [1.82, 2.24) is 0 Å². The Balaban J connectivity index is 3.08. The molecule has 0 heterocycles. The fourth-order valence-electron chi connectivity index (χ4n) is 1.61. The molecule has 1 rings (SSSR count). The van der Waals surface area contributed by atoms with Crippen LogP contribution in [0.1, 0.15) is 6.92 Å². The molecule has 0 amide bonds. The minimum absolute atomic E-state index is 0.172. The molecule has 6 nitrogen and oxygen atoms in total. The lowest BCUT2D eigenvalue weighted by molar-refractivity contribution is 0.0984. The van der Waals surface area contributed by atoms with E-state index >= 15 is 0 Å². The second-order valence-corrected chi connectivity index (χ2v) is 4.06. The highest BCUT2D eigenvalue weighted by atomic mass is 16.5. The van der Waals surface area contributed by atoms with Gasteiger partial charge in [0.05, 0.1) is 27.9 Å². The summed E-state index contributed by atoms with van der Waals surface area (Å²) in [5.41, 5.74) is 5.72. The van der Waals surface area contributed by atoms with Crippen molar-refractivity contribution in [2.24, 2.45) is 5.73 Å². The van der Waals surface area contributed by atoms with E-state index in [9.17, 15) is 5.11 Å². The van der Waals surface area contributed by atoms with Gasteiger partial charge in [0.25, 0.3) is 0 Å². The van der Waals surface area contributed by atoms with E-state index in [0.717, 1.165) is 0 Å². The first-order valence-corrected chi connectivity index (χ1v) is 5.90. The Labute approximate surface area is 113 Å². The molecular weight excluding hydrogens is 250 g/mol. The molecule has 0 aliphatic heterocycles.